The molecule has 4 aliphatic rings. The second kappa shape index (κ2) is 8.52. The van der Waals surface area contributed by atoms with Crippen molar-refractivity contribution in [3.05, 3.63) is 166 Å². The highest BCUT2D eigenvalue weighted by Gasteiger charge is 2.55. The number of Topliss-reactive ketones (excluding diaryl/α,β-unsaturated/α-hetero) is 2. The molecule has 4 aliphatic carbocycles. The van der Waals surface area contributed by atoms with Crippen LogP contribution < -0.4 is 0 Å². The van der Waals surface area contributed by atoms with Gasteiger partial charge in [0.15, 0.2) is 11.6 Å². The van der Waals surface area contributed by atoms with Gasteiger partial charge < -0.3 is 0 Å². The average molecular weight is 605 g/mol. The number of ketones is 2. The number of rotatable bonds is 0. The summed E-state index contributed by atoms with van der Waals surface area (Å²) in [5.41, 5.74) is 14.8. The Morgan fingerprint density at radius 2 is 0.745 bits per heavy atom. The number of carbonyl (C=O) groups excluding carboxylic acids is 2. The molecule has 0 fully saturated rings. The number of hydrogen-bond acceptors (Lipinski definition) is 2. The molecule has 0 aromatic heterocycles. The molecule has 0 heterocycles. The molecule has 0 saturated heterocycles. The molecule has 0 N–H and O–H groups in total. The first-order chi connectivity index (χ1) is 22.7. The predicted octanol–water partition coefficient (Wildman–Crippen LogP) is 10.3. The number of fused-ring (bicyclic) bond motifs is 15. The Morgan fingerprint density at radius 1 is 0.319 bits per heavy atom. The Balaban J connectivity index is 1.33. The minimum Gasteiger partial charge on any atom is -0.293 e. The van der Waals surface area contributed by atoms with Crippen molar-refractivity contribution in [3.8, 4) is 44.5 Å². The normalized spacial score (nSPS) is 19.6. The molecule has 0 aliphatic heterocycles. The van der Waals surface area contributed by atoms with Crippen molar-refractivity contribution in [2.45, 2.75) is 43.9 Å². The van der Waals surface area contributed by atoms with Crippen molar-refractivity contribution < 1.29 is 9.59 Å². The van der Waals surface area contributed by atoms with Crippen LogP contribution in [0.25, 0.3) is 44.5 Å². The molecular weight excluding hydrogens is 572 g/mol. The fraction of sp³-hybridized carbons (Fsp3) is 0.156. The Kier molecular flexibility index (Phi) is 4.86. The van der Waals surface area contributed by atoms with Crippen molar-refractivity contribution in [3.63, 3.8) is 0 Å². The highest BCUT2D eigenvalue weighted by atomic mass is 16.1. The van der Waals surface area contributed by atoms with E-state index in [0.717, 1.165) is 72.3 Å². The highest BCUT2D eigenvalue weighted by Crippen LogP contribution is 2.62. The van der Waals surface area contributed by atoms with Gasteiger partial charge in [-0.2, -0.15) is 0 Å². The van der Waals surface area contributed by atoms with Crippen LogP contribution in [0.1, 0.15) is 81.8 Å². The van der Waals surface area contributed by atoms with Crippen LogP contribution in [-0.4, -0.2) is 11.6 Å². The molecule has 0 radical (unpaired) electrons. The van der Waals surface area contributed by atoms with Gasteiger partial charge in [0.25, 0.3) is 0 Å². The second-order valence-electron chi connectivity index (χ2n) is 14.7. The topological polar surface area (TPSA) is 34.1 Å². The van der Waals surface area contributed by atoms with Crippen LogP contribution in [0.15, 0.2) is 121 Å². The number of benzene rings is 6. The maximum absolute atomic E-state index is 15.7. The van der Waals surface area contributed by atoms with Crippen LogP contribution in [0.4, 0.5) is 0 Å². The second-order valence-corrected chi connectivity index (χ2v) is 14.7. The van der Waals surface area contributed by atoms with E-state index in [1.807, 2.05) is 32.0 Å². The summed E-state index contributed by atoms with van der Waals surface area (Å²) in [5, 5.41) is 0. The molecule has 10 rings (SSSR count). The van der Waals surface area contributed by atoms with Crippen molar-refractivity contribution in [2.24, 2.45) is 0 Å². The van der Waals surface area contributed by atoms with Crippen molar-refractivity contribution in [1.82, 2.24) is 0 Å². The minimum atomic E-state index is -1.02. The smallest absolute Gasteiger partial charge is 0.182 e. The first kappa shape index (κ1) is 26.8. The number of carbonyl (C=O) groups is 2. The van der Waals surface area contributed by atoms with Gasteiger partial charge in [0.1, 0.15) is 5.41 Å². The lowest BCUT2D eigenvalue weighted by Gasteiger charge is -2.39. The fourth-order valence-corrected chi connectivity index (χ4v) is 9.50. The van der Waals surface area contributed by atoms with Gasteiger partial charge in [0.2, 0.25) is 0 Å². The molecule has 0 amide bonds. The molecule has 6 aromatic carbocycles. The molecular formula is C45H32O2. The van der Waals surface area contributed by atoms with Crippen LogP contribution in [0.3, 0.4) is 0 Å². The van der Waals surface area contributed by atoms with Crippen molar-refractivity contribution in [1.29, 1.82) is 0 Å². The predicted molar refractivity (Wildman–Crippen MR) is 188 cm³/mol. The highest BCUT2D eigenvalue weighted by molar-refractivity contribution is 6.21. The summed E-state index contributed by atoms with van der Waals surface area (Å²) in [6.45, 7) is 8.65. The van der Waals surface area contributed by atoms with Crippen molar-refractivity contribution >= 4 is 11.6 Å². The largest absolute Gasteiger partial charge is 0.293 e. The van der Waals surface area contributed by atoms with Gasteiger partial charge in [-0.15, -0.1) is 0 Å². The maximum Gasteiger partial charge on any atom is 0.182 e. The summed E-state index contributed by atoms with van der Waals surface area (Å²) in [6, 6.07) is 42.5. The lowest BCUT2D eigenvalue weighted by Crippen LogP contribution is -2.40. The Morgan fingerprint density at radius 3 is 1.40 bits per heavy atom. The van der Waals surface area contributed by atoms with E-state index in [0.29, 0.717) is 0 Å². The Labute approximate surface area is 274 Å². The van der Waals surface area contributed by atoms with E-state index in [1.165, 1.54) is 16.7 Å². The Bertz CT molecular complexity index is 2460. The first-order valence-electron chi connectivity index (χ1n) is 16.5. The first-order valence-corrected chi connectivity index (χ1v) is 16.5. The van der Waals surface area contributed by atoms with Gasteiger partial charge in [0.05, 0.1) is 5.41 Å². The Hall–Kier alpha value is -5.34. The van der Waals surface area contributed by atoms with Gasteiger partial charge >= 0.3 is 0 Å². The minimum absolute atomic E-state index is 0.113. The summed E-state index contributed by atoms with van der Waals surface area (Å²) >= 11 is 0. The molecule has 6 aromatic rings. The van der Waals surface area contributed by atoms with E-state index in [9.17, 15) is 4.79 Å². The van der Waals surface area contributed by atoms with Crippen LogP contribution >= 0.6 is 0 Å². The zero-order valence-electron chi connectivity index (χ0n) is 26.9. The summed E-state index contributed by atoms with van der Waals surface area (Å²) in [7, 11) is 0. The van der Waals surface area contributed by atoms with Gasteiger partial charge in [-0.25, -0.2) is 0 Å². The van der Waals surface area contributed by atoms with Crippen LogP contribution in [-0.2, 0) is 16.2 Å². The molecule has 1 unspecified atom stereocenters. The van der Waals surface area contributed by atoms with E-state index >= 15 is 4.79 Å². The van der Waals surface area contributed by atoms with E-state index in [2.05, 4.69) is 117 Å². The SMILES string of the molecule is CC1(C)C(=O)c2ccccc2-c2cc3c(cc21)-c1ccccc1C31C(=O)c2cc3c(cc2-c2ccccc21)C(C)(C)c1ccccc1-3. The van der Waals surface area contributed by atoms with Crippen LogP contribution in [0.5, 0.6) is 0 Å². The summed E-state index contributed by atoms with van der Waals surface area (Å²) in [4.78, 5) is 29.6. The lowest BCUT2D eigenvalue weighted by molar-refractivity contribution is 0.0904. The van der Waals surface area contributed by atoms with Crippen molar-refractivity contribution in [2.75, 3.05) is 0 Å². The standard InChI is InChI=1S/C45H32O2/c1-43(2)35-18-10-7-15-27(35)31-21-34-30(22-38(31)43)26-14-8-11-19-36(26)45(42(34)47)37-20-12-9-16-28(37)33-23-39-32(24-40(33)45)25-13-5-6-17-29(25)41(46)44(39,3)4/h5-24H,1-4H3. The molecule has 2 nitrogen and oxygen atoms in total. The van der Waals surface area contributed by atoms with Gasteiger partial charge in [-0.05, 0) is 116 Å². The molecule has 1 atom stereocenters. The van der Waals surface area contributed by atoms with Crippen LogP contribution in [0, 0.1) is 0 Å². The van der Waals surface area contributed by atoms with Gasteiger partial charge in [-0.1, -0.05) is 111 Å². The van der Waals surface area contributed by atoms with E-state index in [4.69, 9.17) is 0 Å². The lowest BCUT2D eigenvalue weighted by atomic mass is 9.60. The molecule has 0 saturated carbocycles. The summed E-state index contributed by atoms with van der Waals surface area (Å²) in [6.07, 6.45) is 0. The molecule has 1 spiro atoms. The zero-order chi connectivity index (χ0) is 32.0. The third-order valence-electron chi connectivity index (χ3n) is 11.8. The molecule has 0 bridgehead atoms. The third kappa shape index (κ3) is 2.99. The maximum atomic E-state index is 15.7. The van der Waals surface area contributed by atoms with Gasteiger partial charge in [0, 0.05) is 16.5 Å². The fourth-order valence-electron chi connectivity index (χ4n) is 9.50. The van der Waals surface area contributed by atoms with E-state index in [-0.39, 0.29) is 17.0 Å². The monoisotopic (exact) mass is 604 g/mol. The summed E-state index contributed by atoms with van der Waals surface area (Å²) in [5.74, 6) is 0.244. The van der Waals surface area contributed by atoms with Crippen LogP contribution in [0.2, 0.25) is 0 Å². The zero-order valence-corrected chi connectivity index (χ0v) is 26.9. The molecule has 224 valence electrons. The van der Waals surface area contributed by atoms with E-state index in [1.54, 1.807) is 0 Å². The summed E-state index contributed by atoms with van der Waals surface area (Å²) < 4.78 is 0. The third-order valence-corrected chi connectivity index (χ3v) is 11.8. The number of hydrogen-bond donors (Lipinski definition) is 0. The average Bonchev–Trinajstić information content (AvgIpc) is 3.51. The quantitative estimate of drug-likeness (QED) is 0.173. The van der Waals surface area contributed by atoms with Gasteiger partial charge in [-0.3, -0.25) is 9.59 Å². The van der Waals surface area contributed by atoms with E-state index < -0.39 is 10.8 Å². The molecule has 2 heteroatoms. The molecule has 47 heavy (non-hydrogen) atoms.